The van der Waals surface area contributed by atoms with Crippen molar-refractivity contribution in [3.05, 3.63) is 64.5 Å². The monoisotopic (exact) mass is 385 g/mol. The molecule has 2 aromatic rings. The summed E-state index contributed by atoms with van der Waals surface area (Å²) in [6.45, 7) is 13.0. The number of benzene rings is 2. The molecule has 28 heavy (non-hydrogen) atoms. The number of amides is 1. The Bertz CT molecular complexity index is 816. The lowest BCUT2D eigenvalue weighted by atomic mass is 10.0. The van der Waals surface area contributed by atoms with E-state index in [0.29, 0.717) is 24.5 Å². The second-order valence-electron chi connectivity index (χ2n) is 7.87. The van der Waals surface area contributed by atoms with Gasteiger partial charge in [-0.15, -0.1) is 0 Å². The Morgan fingerprint density at radius 2 is 1.79 bits per heavy atom. The minimum absolute atomic E-state index is 0.0623. The Kier molecular flexibility index (Phi) is 7.61. The largest absolute Gasteiger partial charge is 0.493 e. The van der Waals surface area contributed by atoms with E-state index in [1.54, 1.807) is 19.1 Å². The molecule has 0 radical (unpaired) electrons. The Labute approximate surface area is 168 Å². The fourth-order valence-electron chi connectivity index (χ4n) is 3.15. The molecule has 0 N–H and O–H groups in total. The highest BCUT2D eigenvalue weighted by Crippen LogP contribution is 2.20. The van der Waals surface area contributed by atoms with Crippen LogP contribution in [-0.2, 0) is 0 Å². The first-order chi connectivity index (χ1) is 13.2. The van der Waals surface area contributed by atoms with Crippen LogP contribution in [0.4, 0.5) is 4.39 Å². The van der Waals surface area contributed by atoms with Crippen molar-refractivity contribution in [2.75, 3.05) is 13.2 Å². The van der Waals surface area contributed by atoms with Crippen molar-refractivity contribution in [2.45, 2.75) is 54.0 Å². The zero-order valence-electron chi connectivity index (χ0n) is 17.9. The van der Waals surface area contributed by atoms with Crippen LogP contribution in [0.3, 0.4) is 0 Å². The molecule has 0 heterocycles. The lowest BCUT2D eigenvalue weighted by Crippen LogP contribution is -2.41. The second-order valence-corrected chi connectivity index (χ2v) is 7.87. The third kappa shape index (κ3) is 5.57. The number of nitrogens with zero attached hydrogens (tertiary/aromatic N) is 1. The van der Waals surface area contributed by atoms with Gasteiger partial charge in [0.2, 0.25) is 0 Å². The van der Waals surface area contributed by atoms with Gasteiger partial charge in [-0.05, 0) is 76.4 Å². The first kappa shape index (κ1) is 21.9. The Morgan fingerprint density at radius 1 is 1.07 bits per heavy atom. The van der Waals surface area contributed by atoms with Crippen molar-refractivity contribution in [3.8, 4) is 5.75 Å². The van der Waals surface area contributed by atoms with Crippen LogP contribution in [0.1, 0.15) is 54.2 Å². The third-order valence-corrected chi connectivity index (χ3v) is 5.16. The highest BCUT2D eigenvalue weighted by molar-refractivity contribution is 5.96. The van der Waals surface area contributed by atoms with Gasteiger partial charge in [-0.3, -0.25) is 4.79 Å². The fourth-order valence-corrected chi connectivity index (χ4v) is 3.15. The van der Waals surface area contributed by atoms with Crippen molar-refractivity contribution in [1.29, 1.82) is 0 Å². The number of aryl methyl sites for hydroxylation is 3. The van der Waals surface area contributed by atoms with E-state index >= 15 is 0 Å². The summed E-state index contributed by atoms with van der Waals surface area (Å²) in [5.74, 6) is 0.688. The van der Waals surface area contributed by atoms with Crippen LogP contribution in [0, 0.1) is 32.5 Å². The number of halogens is 1. The van der Waals surface area contributed by atoms with Gasteiger partial charge in [-0.2, -0.15) is 0 Å². The van der Waals surface area contributed by atoms with Crippen molar-refractivity contribution in [2.24, 2.45) is 5.92 Å². The summed E-state index contributed by atoms with van der Waals surface area (Å²) in [7, 11) is 0. The molecule has 4 heteroatoms. The van der Waals surface area contributed by atoms with Gasteiger partial charge in [0.1, 0.15) is 11.6 Å². The van der Waals surface area contributed by atoms with Crippen molar-refractivity contribution in [3.63, 3.8) is 0 Å². The predicted molar refractivity (Wildman–Crippen MR) is 113 cm³/mol. The molecule has 1 atom stereocenters. The van der Waals surface area contributed by atoms with Gasteiger partial charge in [0.05, 0.1) is 6.61 Å². The molecule has 152 valence electrons. The van der Waals surface area contributed by atoms with Gasteiger partial charge in [-0.25, -0.2) is 4.39 Å². The zero-order valence-corrected chi connectivity index (χ0v) is 17.9. The van der Waals surface area contributed by atoms with E-state index in [9.17, 15) is 9.18 Å². The van der Waals surface area contributed by atoms with Crippen LogP contribution in [0.2, 0.25) is 0 Å². The molecule has 0 bridgehead atoms. The lowest BCUT2D eigenvalue weighted by Gasteiger charge is -2.31. The molecule has 0 aromatic heterocycles. The Morgan fingerprint density at radius 3 is 2.39 bits per heavy atom. The van der Waals surface area contributed by atoms with Gasteiger partial charge >= 0.3 is 0 Å². The van der Waals surface area contributed by atoms with E-state index in [0.717, 1.165) is 23.1 Å². The highest BCUT2D eigenvalue weighted by atomic mass is 19.1. The summed E-state index contributed by atoms with van der Waals surface area (Å²) in [6.07, 6.45) is 0.892. The summed E-state index contributed by atoms with van der Waals surface area (Å²) < 4.78 is 19.3. The van der Waals surface area contributed by atoms with E-state index in [-0.39, 0.29) is 23.7 Å². The van der Waals surface area contributed by atoms with Gasteiger partial charge in [0.15, 0.2) is 0 Å². The van der Waals surface area contributed by atoms with Crippen LogP contribution in [-0.4, -0.2) is 30.0 Å². The fraction of sp³-hybridized carbons (Fsp3) is 0.458. The van der Waals surface area contributed by atoms with E-state index < -0.39 is 0 Å². The molecule has 0 fully saturated rings. The first-order valence-corrected chi connectivity index (χ1v) is 10.00. The average Bonchev–Trinajstić information content (AvgIpc) is 2.65. The smallest absolute Gasteiger partial charge is 0.254 e. The summed E-state index contributed by atoms with van der Waals surface area (Å²) in [5, 5.41) is 0. The number of ether oxygens (including phenoxy) is 1. The van der Waals surface area contributed by atoms with Crippen molar-refractivity contribution >= 4 is 5.91 Å². The third-order valence-electron chi connectivity index (χ3n) is 5.16. The van der Waals surface area contributed by atoms with E-state index in [1.165, 1.54) is 6.07 Å². The molecule has 0 saturated carbocycles. The lowest BCUT2D eigenvalue weighted by molar-refractivity contribution is 0.0643. The van der Waals surface area contributed by atoms with Gasteiger partial charge in [0, 0.05) is 24.1 Å². The standard InChI is InChI=1S/C24H32FNO2/c1-7-20(15-28-21-10-11-23(25)19(6)13-21)14-26(16(2)3)24(27)22-12-17(4)8-9-18(22)5/h8-13,16,20H,7,14-15H2,1-6H3. The zero-order chi connectivity index (χ0) is 20.8. The van der Waals surface area contributed by atoms with E-state index in [2.05, 4.69) is 6.92 Å². The van der Waals surface area contributed by atoms with E-state index in [4.69, 9.17) is 4.74 Å². The van der Waals surface area contributed by atoms with Crippen molar-refractivity contribution in [1.82, 2.24) is 4.90 Å². The Hall–Kier alpha value is -2.36. The quantitative estimate of drug-likeness (QED) is 0.583. The molecule has 0 saturated heterocycles. The van der Waals surface area contributed by atoms with Crippen LogP contribution < -0.4 is 4.74 Å². The molecule has 0 spiro atoms. The first-order valence-electron chi connectivity index (χ1n) is 10.00. The molecule has 2 rings (SSSR count). The predicted octanol–water partition coefficient (Wildman–Crippen LogP) is 5.71. The highest BCUT2D eigenvalue weighted by Gasteiger charge is 2.23. The number of hydrogen-bond acceptors (Lipinski definition) is 2. The molecule has 1 amide bonds. The van der Waals surface area contributed by atoms with Gasteiger partial charge in [-0.1, -0.05) is 24.6 Å². The van der Waals surface area contributed by atoms with E-state index in [1.807, 2.05) is 50.8 Å². The molecule has 0 aliphatic heterocycles. The SMILES string of the molecule is CCC(COc1ccc(F)c(C)c1)CN(C(=O)c1cc(C)ccc1C)C(C)C. The molecule has 0 aliphatic carbocycles. The minimum atomic E-state index is -0.232. The Balaban J connectivity index is 2.11. The summed E-state index contributed by atoms with van der Waals surface area (Å²) in [5.41, 5.74) is 3.41. The molecule has 2 aromatic carbocycles. The maximum atomic E-state index is 13.4. The van der Waals surface area contributed by atoms with Crippen LogP contribution in [0.25, 0.3) is 0 Å². The van der Waals surface area contributed by atoms with Gasteiger partial charge in [0.25, 0.3) is 5.91 Å². The molecule has 0 aliphatic rings. The minimum Gasteiger partial charge on any atom is -0.493 e. The van der Waals surface area contributed by atoms with Crippen LogP contribution in [0.5, 0.6) is 5.75 Å². The normalized spacial score (nSPS) is 12.1. The van der Waals surface area contributed by atoms with Crippen LogP contribution >= 0.6 is 0 Å². The topological polar surface area (TPSA) is 29.5 Å². The summed E-state index contributed by atoms with van der Waals surface area (Å²) >= 11 is 0. The number of carbonyl (C=O) groups excluding carboxylic acids is 1. The summed E-state index contributed by atoms with van der Waals surface area (Å²) in [6, 6.07) is 10.9. The number of carbonyl (C=O) groups is 1. The molecule has 3 nitrogen and oxygen atoms in total. The number of rotatable bonds is 8. The summed E-state index contributed by atoms with van der Waals surface area (Å²) in [4.78, 5) is 15.1. The van der Waals surface area contributed by atoms with Crippen molar-refractivity contribution < 1.29 is 13.9 Å². The molecular weight excluding hydrogens is 353 g/mol. The van der Waals surface area contributed by atoms with Gasteiger partial charge < -0.3 is 9.64 Å². The second kappa shape index (κ2) is 9.72. The average molecular weight is 386 g/mol. The van der Waals surface area contributed by atoms with Crippen LogP contribution in [0.15, 0.2) is 36.4 Å². The maximum Gasteiger partial charge on any atom is 0.254 e. The molecular formula is C24H32FNO2. The maximum absolute atomic E-state index is 13.4. The number of hydrogen-bond donors (Lipinski definition) is 0. The molecule has 1 unspecified atom stereocenters.